The number of rotatable bonds is 5. The Labute approximate surface area is 128 Å². The van der Waals surface area contributed by atoms with E-state index in [4.69, 9.17) is 4.98 Å². The lowest BCUT2D eigenvalue weighted by molar-refractivity contribution is 0.316. The van der Waals surface area contributed by atoms with Crippen molar-refractivity contribution in [1.82, 2.24) is 14.9 Å². The van der Waals surface area contributed by atoms with Gasteiger partial charge in [0, 0.05) is 31.9 Å². The summed E-state index contributed by atoms with van der Waals surface area (Å²) in [5.74, 6) is 2.09. The second-order valence-corrected chi connectivity index (χ2v) is 6.76. The average molecular weight is 290 g/mol. The minimum atomic E-state index is 0.786. The van der Waals surface area contributed by atoms with Crippen LogP contribution in [0.25, 0.3) is 0 Å². The molecule has 0 spiro atoms. The second kappa shape index (κ2) is 6.82. The van der Waals surface area contributed by atoms with Crippen molar-refractivity contribution in [3.8, 4) is 0 Å². The van der Waals surface area contributed by atoms with E-state index in [1.165, 1.54) is 64.1 Å². The Balaban J connectivity index is 1.60. The van der Waals surface area contributed by atoms with Crippen molar-refractivity contribution in [2.75, 3.05) is 24.5 Å². The first-order valence-corrected chi connectivity index (χ1v) is 8.80. The molecular weight excluding hydrogens is 260 g/mol. The van der Waals surface area contributed by atoms with Crippen LogP contribution in [0.1, 0.15) is 51.1 Å². The third-order valence-corrected chi connectivity index (χ3v) is 5.12. The molecule has 3 heterocycles. The molecule has 3 rings (SSSR count). The molecule has 2 aliphatic rings. The SMILES string of the molecule is CCCCn1cc(C)nc1N1CCC(C2CCCN2)CC1. The quantitative estimate of drug-likeness (QED) is 0.905. The summed E-state index contributed by atoms with van der Waals surface area (Å²) in [6.45, 7) is 9.05. The minimum Gasteiger partial charge on any atom is -0.342 e. The molecule has 0 aromatic carbocycles. The highest BCUT2D eigenvalue weighted by Gasteiger charge is 2.29. The lowest BCUT2D eigenvalue weighted by Gasteiger charge is -2.35. The molecule has 1 N–H and O–H groups in total. The number of imidazole rings is 1. The fraction of sp³-hybridized carbons (Fsp3) is 0.824. The molecule has 2 fully saturated rings. The van der Waals surface area contributed by atoms with E-state index in [1.54, 1.807) is 0 Å². The van der Waals surface area contributed by atoms with Crippen molar-refractivity contribution < 1.29 is 0 Å². The molecule has 0 aliphatic carbocycles. The Hall–Kier alpha value is -1.03. The van der Waals surface area contributed by atoms with Crippen molar-refractivity contribution in [3.05, 3.63) is 11.9 Å². The highest BCUT2D eigenvalue weighted by molar-refractivity contribution is 5.34. The van der Waals surface area contributed by atoms with Gasteiger partial charge in [-0.25, -0.2) is 4.98 Å². The van der Waals surface area contributed by atoms with Crippen molar-refractivity contribution in [2.45, 2.75) is 65.0 Å². The maximum atomic E-state index is 4.78. The van der Waals surface area contributed by atoms with Crippen LogP contribution in [0.4, 0.5) is 5.95 Å². The van der Waals surface area contributed by atoms with Gasteiger partial charge in [0.2, 0.25) is 5.95 Å². The number of aryl methyl sites for hydroxylation is 2. The predicted octanol–water partition coefficient (Wildman–Crippen LogP) is 2.96. The van der Waals surface area contributed by atoms with E-state index in [2.05, 4.69) is 34.8 Å². The van der Waals surface area contributed by atoms with Crippen LogP contribution in [0.15, 0.2) is 6.20 Å². The lowest BCUT2D eigenvalue weighted by atomic mass is 9.89. The van der Waals surface area contributed by atoms with Gasteiger partial charge in [-0.3, -0.25) is 0 Å². The number of unbranched alkanes of at least 4 members (excludes halogenated alkanes) is 1. The molecule has 0 saturated carbocycles. The van der Waals surface area contributed by atoms with Gasteiger partial charge in [0.25, 0.3) is 0 Å². The van der Waals surface area contributed by atoms with E-state index < -0.39 is 0 Å². The minimum absolute atomic E-state index is 0.786. The van der Waals surface area contributed by atoms with Gasteiger partial charge < -0.3 is 14.8 Å². The maximum absolute atomic E-state index is 4.78. The molecule has 21 heavy (non-hydrogen) atoms. The first kappa shape index (κ1) is 14.9. The summed E-state index contributed by atoms with van der Waals surface area (Å²) < 4.78 is 2.37. The van der Waals surface area contributed by atoms with E-state index in [9.17, 15) is 0 Å². The first-order valence-electron chi connectivity index (χ1n) is 8.80. The van der Waals surface area contributed by atoms with Gasteiger partial charge in [0.15, 0.2) is 0 Å². The zero-order valence-electron chi connectivity index (χ0n) is 13.6. The molecule has 0 bridgehead atoms. The molecule has 4 heteroatoms. The number of nitrogens with zero attached hydrogens (tertiary/aromatic N) is 3. The molecule has 1 aromatic rings. The molecule has 1 aromatic heterocycles. The van der Waals surface area contributed by atoms with Crippen LogP contribution in [0, 0.1) is 12.8 Å². The van der Waals surface area contributed by atoms with Gasteiger partial charge in [-0.2, -0.15) is 0 Å². The molecule has 4 nitrogen and oxygen atoms in total. The highest BCUT2D eigenvalue weighted by Crippen LogP contribution is 2.28. The predicted molar refractivity (Wildman–Crippen MR) is 87.8 cm³/mol. The summed E-state index contributed by atoms with van der Waals surface area (Å²) in [5, 5.41) is 3.68. The summed E-state index contributed by atoms with van der Waals surface area (Å²) in [5.41, 5.74) is 1.15. The zero-order valence-corrected chi connectivity index (χ0v) is 13.6. The van der Waals surface area contributed by atoms with Gasteiger partial charge in [-0.15, -0.1) is 0 Å². The molecule has 0 radical (unpaired) electrons. The monoisotopic (exact) mass is 290 g/mol. The largest absolute Gasteiger partial charge is 0.342 e. The molecule has 118 valence electrons. The summed E-state index contributed by atoms with van der Waals surface area (Å²) in [6, 6.07) is 0.786. The maximum Gasteiger partial charge on any atom is 0.205 e. The third kappa shape index (κ3) is 3.42. The number of hydrogen-bond donors (Lipinski definition) is 1. The van der Waals surface area contributed by atoms with Gasteiger partial charge in [-0.05, 0) is 51.5 Å². The number of aromatic nitrogens is 2. The molecule has 0 amide bonds. The summed E-state index contributed by atoms with van der Waals surface area (Å²) in [6.07, 6.45) is 10.1. The average Bonchev–Trinajstić information content (AvgIpc) is 3.15. The Bertz CT molecular complexity index is 440. The fourth-order valence-corrected chi connectivity index (χ4v) is 3.90. The van der Waals surface area contributed by atoms with Gasteiger partial charge in [-0.1, -0.05) is 13.3 Å². The molecule has 2 aliphatic heterocycles. The van der Waals surface area contributed by atoms with E-state index >= 15 is 0 Å². The van der Waals surface area contributed by atoms with E-state index in [0.29, 0.717) is 0 Å². The van der Waals surface area contributed by atoms with Crippen LogP contribution < -0.4 is 10.2 Å². The Kier molecular flexibility index (Phi) is 4.84. The summed E-state index contributed by atoms with van der Waals surface area (Å²) in [7, 11) is 0. The van der Waals surface area contributed by atoms with Crippen LogP contribution in [-0.4, -0.2) is 35.2 Å². The zero-order chi connectivity index (χ0) is 14.7. The smallest absolute Gasteiger partial charge is 0.205 e. The first-order chi connectivity index (χ1) is 10.3. The Morgan fingerprint density at radius 2 is 2.10 bits per heavy atom. The summed E-state index contributed by atoms with van der Waals surface area (Å²) in [4.78, 5) is 7.29. The van der Waals surface area contributed by atoms with Crippen LogP contribution in [0.2, 0.25) is 0 Å². The number of nitrogens with one attached hydrogen (secondary N) is 1. The lowest BCUT2D eigenvalue weighted by Crippen LogP contribution is -2.41. The normalized spacial score (nSPS) is 23.9. The molecular formula is C17H30N4. The van der Waals surface area contributed by atoms with Crippen LogP contribution in [0.3, 0.4) is 0 Å². The van der Waals surface area contributed by atoms with Crippen LogP contribution in [0.5, 0.6) is 0 Å². The van der Waals surface area contributed by atoms with Crippen molar-refractivity contribution in [3.63, 3.8) is 0 Å². The standard InChI is InChI=1S/C17H30N4/c1-3-4-10-21-13-14(2)19-17(21)20-11-7-15(8-12-20)16-6-5-9-18-16/h13,15-16,18H,3-12H2,1-2H3. The topological polar surface area (TPSA) is 33.1 Å². The number of piperidine rings is 1. The van der Waals surface area contributed by atoms with E-state index in [0.717, 1.165) is 24.2 Å². The highest BCUT2D eigenvalue weighted by atomic mass is 15.3. The third-order valence-electron chi connectivity index (χ3n) is 5.12. The van der Waals surface area contributed by atoms with Crippen LogP contribution in [-0.2, 0) is 6.54 Å². The van der Waals surface area contributed by atoms with Gasteiger partial charge in [0.1, 0.15) is 0 Å². The summed E-state index contributed by atoms with van der Waals surface area (Å²) >= 11 is 0. The van der Waals surface area contributed by atoms with E-state index in [-0.39, 0.29) is 0 Å². The fourth-order valence-electron chi connectivity index (χ4n) is 3.90. The Morgan fingerprint density at radius 3 is 2.76 bits per heavy atom. The molecule has 2 saturated heterocycles. The van der Waals surface area contributed by atoms with Crippen molar-refractivity contribution >= 4 is 5.95 Å². The molecule has 1 atom stereocenters. The van der Waals surface area contributed by atoms with E-state index in [1.807, 2.05) is 0 Å². The van der Waals surface area contributed by atoms with Gasteiger partial charge >= 0.3 is 0 Å². The number of hydrogen-bond acceptors (Lipinski definition) is 3. The number of anilines is 1. The van der Waals surface area contributed by atoms with Gasteiger partial charge in [0.05, 0.1) is 5.69 Å². The molecule has 1 unspecified atom stereocenters. The second-order valence-electron chi connectivity index (χ2n) is 6.76. The van der Waals surface area contributed by atoms with Crippen LogP contribution >= 0.6 is 0 Å². The van der Waals surface area contributed by atoms with Crippen molar-refractivity contribution in [2.24, 2.45) is 5.92 Å². The van der Waals surface area contributed by atoms with Crippen molar-refractivity contribution in [1.29, 1.82) is 0 Å². The Morgan fingerprint density at radius 1 is 1.29 bits per heavy atom.